The lowest BCUT2D eigenvalue weighted by molar-refractivity contribution is -0.193. The Hall–Kier alpha value is -11.5. The number of fused-ring (bicyclic) bond motifs is 2. The fourth-order valence-electron chi connectivity index (χ4n) is 10.6. The predicted octanol–water partition coefficient (Wildman–Crippen LogP) is 11.0. The molecule has 9 rings (SSSR count). The molecule has 29 heteroatoms. The molecule has 4 aromatic carbocycles. The van der Waals surface area contributed by atoms with Crippen molar-refractivity contribution in [1.82, 2.24) is 0 Å². The number of Topliss-reactive ketones (excluding diaryl/α,β-unsaturated/α-hetero) is 1. The lowest BCUT2D eigenvalue weighted by Crippen LogP contribution is -2.32. The predicted molar refractivity (Wildman–Crippen MR) is 362 cm³/mol. The van der Waals surface area contributed by atoms with Crippen LogP contribution in [0.4, 0.5) is 0 Å². The van der Waals surface area contributed by atoms with Gasteiger partial charge in [0, 0.05) is 6.42 Å². The molecule has 10 N–H and O–H groups in total. The average molecular weight is 1450 g/mol. The van der Waals surface area contributed by atoms with E-state index in [1.54, 1.807) is 49.4 Å². The molecule has 4 aromatic rings. The van der Waals surface area contributed by atoms with Crippen molar-refractivity contribution >= 4 is 83.9 Å². The van der Waals surface area contributed by atoms with Crippen molar-refractivity contribution in [2.24, 2.45) is 53.3 Å². The van der Waals surface area contributed by atoms with Gasteiger partial charge in [0.2, 0.25) is 0 Å². The number of hydrogen-bond acceptors (Lipinski definition) is 19. The second-order valence-corrected chi connectivity index (χ2v) is 23.2. The Labute approximate surface area is 594 Å². The first-order valence-electron chi connectivity index (χ1n) is 32.2. The molecular weight excluding hydrogens is 1350 g/mol. The molecule has 562 valence electrons. The van der Waals surface area contributed by atoms with Gasteiger partial charge in [0.15, 0.2) is 18.1 Å². The minimum atomic E-state index is -1.13. The number of ether oxygens (including phenoxy) is 2. The fourth-order valence-corrected chi connectivity index (χ4v) is 10.6. The number of aromatic carboxylic acids is 3. The average Bonchev–Trinajstić information content (AvgIpc) is 1.62. The third kappa shape index (κ3) is 42.9. The second-order valence-electron chi connectivity index (χ2n) is 23.2. The number of para-hydroxylation sites is 2. The zero-order chi connectivity index (χ0) is 79.2. The number of ketones is 1. The summed E-state index contributed by atoms with van der Waals surface area (Å²) in [6.07, 6.45) is 21.5. The molecule has 8 unspecified atom stereocenters. The van der Waals surface area contributed by atoms with Gasteiger partial charge in [-0.1, -0.05) is 138 Å². The van der Waals surface area contributed by atoms with Crippen molar-refractivity contribution in [3.63, 3.8) is 0 Å². The van der Waals surface area contributed by atoms with E-state index in [9.17, 15) is 52.7 Å². The summed E-state index contributed by atoms with van der Waals surface area (Å²) in [6, 6.07) is 27.5. The van der Waals surface area contributed by atoms with Gasteiger partial charge in [0.05, 0.1) is 59.8 Å². The maximum atomic E-state index is 10.8. The van der Waals surface area contributed by atoms with Gasteiger partial charge in [-0.05, 0) is 149 Å². The Balaban J connectivity index is -0.00000108. The van der Waals surface area contributed by atoms with E-state index in [1.807, 2.05) is 38.1 Å². The zero-order valence-electron chi connectivity index (χ0n) is 58.3. The molecule has 29 nitrogen and oxygen atoms in total. The Morgan fingerprint density at radius 3 is 1.24 bits per heavy atom. The van der Waals surface area contributed by atoms with E-state index in [4.69, 9.17) is 89.3 Å². The van der Waals surface area contributed by atoms with E-state index in [2.05, 4.69) is 44.2 Å². The number of hydrogen-bond donors (Lipinski definition) is 10. The maximum absolute atomic E-state index is 10.8. The number of carboxylic acids is 10. The van der Waals surface area contributed by atoms with Gasteiger partial charge in [-0.3, -0.25) is 28.8 Å². The first kappa shape index (κ1) is 95.7. The van der Waals surface area contributed by atoms with Gasteiger partial charge in [0.25, 0.3) is 0 Å². The maximum Gasteiger partial charge on any atom is 0.373 e. The van der Waals surface area contributed by atoms with Crippen LogP contribution in [-0.2, 0) is 73.5 Å². The highest BCUT2D eigenvalue weighted by Gasteiger charge is 2.51. The monoisotopic (exact) mass is 1440 g/mol. The highest BCUT2D eigenvalue weighted by molar-refractivity contribution is 5.93. The molecule has 5 aliphatic rings. The number of carbonyl (C=O) groups is 11. The van der Waals surface area contributed by atoms with Crippen LogP contribution in [0.15, 0.2) is 121 Å². The Kier molecular flexibility index (Phi) is 52.2. The number of methoxy groups -OCH3 is 1. The van der Waals surface area contributed by atoms with E-state index in [0.29, 0.717) is 41.7 Å². The lowest BCUT2D eigenvalue weighted by Gasteiger charge is -2.24. The van der Waals surface area contributed by atoms with Crippen LogP contribution in [0.1, 0.15) is 165 Å². The van der Waals surface area contributed by atoms with Gasteiger partial charge in [-0.2, -0.15) is 28.8 Å². The van der Waals surface area contributed by atoms with Crippen molar-refractivity contribution in [1.29, 1.82) is 0 Å². The van der Waals surface area contributed by atoms with E-state index in [0.717, 1.165) is 69.4 Å². The van der Waals surface area contributed by atoms with Crippen LogP contribution in [0.25, 0.3) is 0 Å². The molecule has 0 aliphatic heterocycles. The van der Waals surface area contributed by atoms with Crippen LogP contribution in [-0.4, -0.2) is 149 Å². The molecule has 0 amide bonds. The summed E-state index contributed by atoms with van der Waals surface area (Å²) in [5.41, 5.74) is 4.00. The number of aryl methyl sites for hydroxylation is 3. The van der Waals surface area contributed by atoms with E-state index in [-0.39, 0.29) is 84.4 Å². The standard InChI is InChI=1S/2C9H10O4.C9H12.C8H6O4.C8H14O2.C8H12O2.C8H8O2.C7H12O2.C5H8O3.3CO2/c10-8(11)6-4-1-2-5(3-4)7(6)9(12)13;1-12-7-4-2-3-5-8(7)13-6-9(10)11;1-3-9-7-5-4-6-8(9)2;9-7(10)5-2-1-3-6(4-5)8(11)12;3*1-6-4-2-3-5-7(6)8(9)10;8-7(9)6-4-2-1-3-5-6;1-4(6)2-3-5(7)8;3*2-1-3/h1-2,4-7H,3H2,(H,10,11)(H,12,13);2-5H,6H2,1H3,(H,10,11);4-7H,3H2,1-2H3;1-4H,(H,9,10)(H,11,12);6-7H,2-5H2,1H3,(H,9,10);2-3,6-7H,4-5H2,1H3,(H,9,10);2-5H,1H3,(H,9,10);6H,1-5H2,(H,8,9);2-3H2,1H3,(H,7,8);;;. The van der Waals surface area contributed by atoms with Crippen molar-refractivity contribution in [2.45, 2.75) is 138 Å². The molecule has 103 heavy (non-hydrogen) atoms. The summed E-state index contributed by atoms with van der Waals surface area (Å²) < 4.78 is 9.92. The SMILES string of the molecule is CC(=O)CCC(=O)O.CC1CC=CCC1C(=O)O.CC1CCCCC1C(=O)O.CCc1ccccc1C.COc1ccccc1OCC(=O)O.Cc1ccccc1C(=O)O.O=C(O)C1C2C=CC(C2)C1C(=O)O.O=C(O)C1CCCCC1.O=C(O)c1cccc(C(=O)O)c1.O=C=O.O=C=O.O=C=O. The van der Waals surface area contributed by atoms with Gasteiger partial charge in [0.1, 0.15) is 5.78 Å². The third-order valence-electron chi connectivity index (χ3n) is 16.0. The van der Waals surface area contributed by atoms with Gasteiger partial charge in [-0.25, -0.2) is 19.2 Å². The van der Waals surface area contributed by atoms with Gasteiger partial charge >= 0.3 is 78.1 Å². The topological polar surface area (TPSA) is 511 Å². The first-order valence-corrected chi connectivity index (χ1v) is 32.2. The van der Waals surface area contributed by atoms with Crippen molar-refractivity contribution < 1.29 is 142 Å². The molecular formula is C74H92O29. The summed E-state index contributed by atoms with van der Waals surface area (Å²) in [4.78, 5) is 163. The van der Waals surface area contributed by atoms with Crippen LogP contribution >= 0.6 is 0 Å². The molecule has 0 heterocycles. The number of aliphatic carboxylic acids is 7. The van der Waals surface area contributed by atoms with Gasteiger partial charge in [-0.15, -0.1) is 0 Å². The smallest absolute Gasteiger partial charge is 0.373 e. The Morgan fingerprint density at radius 1 is 0.466 bits per heavy atom. The summed E-state index contributed by atoms with van der Waals surface area (Å²) in [7, 11) is 1.50. The lowest BCUT2D eigenvalue weighted by atomic mass is 9.81. The quantitative estimate of drug-likeness (QED) is 0.0466. The normalized spacial score (nSPS) is 18.4. The van der Waals surface area contributed by atoms with Crippen molar-refractivity contribution in [3.8, 4) is 11.5 Å². The molecule has 3 saturated carbocycles. The van der Waals surface area contributed by atoms with Crippen LogP contribution in [0.2, 0.25) is 0 Å². The molecule has 0 radical (unpaired) electrons. The molecule has 0 aromatic heterocycles. The number of benzene rings is 4. The summed E-state index contributed by atoms with van der Waals surface area (Å²) in [6.45, 7) is 11.2. The highest BCUT2D eigenvalue weighted by atomic mass is 16.5. The van der Waals surface area contributed by atoms with E-state index < -0.39 is 71.5 Å². The largest absolute Gasteiger partial charge is 0.493 e. The number of rotatable bonds is 16. The number of carboxylic acid groups (broad SMARTS) is 10. The minimum Gasteiger partial charge on any atom is -0.493 e. The highest BCUT2D eigenvalue weighted by Crippen LogP contribution is 2.48. The fraction of sp³-hybridized carbons (Fsp3) is 0.432. The van der Waals surface area contributed by atoms with E-state index >= 15 is 0 Å². The summed E-state index contributed by atoms with van der Waals surface area (Å²) in [5.74, 6) is -9.07. The molecule has 0 saturated heterocycles. The Morgan fingerprint density at radius 2 is 0.913 bits per heavy atom. The molecule has 3 fully saturated rings. The molecule has 8 atom stereocenters. The zero-order valence-corrected chi connectivity index (χ0v) is 58.3. The molecule has 2 bridgehead atoms. The number of carbonyl (C=O) groups excluding carboxylic acids is 7. The van der Waals surface area contributed by atoms with Crippen LogP contribution in [0, 0.1) is 67.1 Å². The van der Waals surface area contributed by atoms with E-state index in [1.165, 1.54) is 56.2 Å². The number of allylic oxidation sites excluding steroid dienone is 4. The van der Waals surface area contributed by atoms with Crippen molar-refractivity contribution in [3.05, 3.63) is 155 Å². The minimum absolute atomic E-state index is 0.0186. The summed E-state index contributed by atoms with van der Waals surface area (Å²) >= 11 is 0. The van der Waals surface area contributed by atoms with Crippen LogP contribution in [0.3, 0.4) is 0 Å². The molecule has 0 spiro atoms. The van der Waals surface area contributed by atoms with Crippen LogP contribution < -0.4 is 9.47 Å². The first-order chi connectivity index (χ1) is 48.6. The third-order valence-corrected chi connectivity index (χ3v) is 16.0. The summed E-state index contributed by atoms with van der Waals surface area (Å²) in [5, 5.41) is 85.6. The second kappa shape index (κ2) is 56.2. The van der Waals surface area contributed by atoms with Gasteiger partial charge < -0.3 is 65.3 Å². The van der Waals surface area contributed by atoms with Crippen LogP contribution in [0.5, 0.6) is 11.5 Å². The van der Waals surface area contributed by atoms with Crippen molar-refractivity contribution in [2.75, 3.05) is 13.7 Å². The molecule has 5 aliphatic carbocycles. The Bertz CT molecular complexity index is 3370.